The molecule has 1 aliphatic rings. The van der Waals surface area contributed by atoms with Crippen molar-refractivity contribution >= 4 is 23.3 Å². The van der Waals surface area contributed by atoms with Crippen LogP contribution < -0.4 is 5.43 Å². The Labute approximate surface area is 188 Å². The summed E-state index contributed by atoms with van der Waals surface area (Å²) >= 11 is 0. The number of nitrogens with one attached hydrogen (secondary N) is 1. The van der Waals surface area contributed by atoms with Crippen LogP contribution in [-0.2, 0) is 19.1 Å². The Morgan fingerprint density at radius 2 is 1.56 bits per heavy atom. The largest absolute Gasteiger partial charge is 0.466 e. The van der Waals surface area contributed by atoms with Gasteiger partial charge in [0, 0.05) is 12.3 Å². The monoisotopic (exact) mass is 438 g/mol. The number of hydrogen-bond donors (Lipinski definition) is 2. The van der Waals surface area contributed by atoms with Crippen LogP contribution in [0.1, 0.15) is 38.7 Å². The maximum atomic E-state index is 13.2. The highest BCUT2D eigenvalue weighted by Gasteiger charge is 2.56. The molecule has 0 amide bonds. The van der Waals surface area contributed by atoms with Crippen LogP contribution in [0.4, 0.5) is 5.69 Å². The van der Waals surface area contributed by atoms with Crippen molar-refractivity contribution < 1.29 is 24.2 Å². The number of rotatable bonds is 7. The van der Waals surface area contributed by atoms with E-state index >= 15 is 0 Å². The molecule has 3 rings (SSSR count). The van der Waals surface area contributed by atoms with Gasteiger partial charge < -0.3 is 14.6 Å². The van der Waals surface area contributed by atoms with E-state index in [2.05, 4.69) is 10.5 Å². The summed E-state index contributed by atoms with van der Waals surface area (Å²) in [6.45, 7) is 5.40. The molecule has 7 nitrogen and oxygen atoms in total. The van der Waals surface area contributed by atoms with Crippen LogP contribution in [0.5, 0.6) is 0 Å². The second kappa shape index (κ2) is 10.4. The number of hydrogen-bond acceptors (Lipinski definition) is 7. The fourth-order valence-electron chi connectivity index (χ4n) is 4.34. The third kappa shape index (κ3) is 5.16. The zero-order valence-corrected chi connectivity index (χ0v) is 18.7. The van der Waals surface area contributed by atoms with Crippen molar-refractivity contribution in [1.82, 2.24) is 0 Å². The van der Waals surface area contributed by atoms with E-state index in [1.54, 1.807) is 20.8 Å². The Morgan fingerprint density at radius 1 is 1.00 bits per heavy atom. The van der Waals surface area contributed by atoms with Crippen LogP contribution in [0, 0.1) is 11.8 Å². The molecule has 0 heterocycles. The Morgan fingerprint density at radius 3 is 2.16 bits per heavy atom. The Hall–Kier alpha value is -3.19. The van der Waals surface area contributed by atoms with Gasteiger partial charge in [-0.05, 0) is 38.5 Å². The summed E-state index contributed by atoms with van der Waals surface area (Å²) in [6, 6.07) is 18.5. The molecular formula is C25H30N2O5. The smallest absolute Gasteiger partial charge is 0.315 e. The molecule has 2 aromatic rings. The van der Waals surface area contributed by atoms with E-state index in [4.69, 9.17) is 9.47 Å². The van der Waals surface area contributed by atoms with Gasteiger partial charge in [-0.25, -0.2) is 0 Å². The lowest BCUT2D eigenvalue weighted by atomic mass is 9.61. The van der Waals surface area contributed by atoms with Gasteiger partial charge in [0.15, 0.2) is 0 Å². The first-order valence-electron chi connectivity index (χ1n) is 10.9. The number of carbonyl (C=O) groups excluding carboxylic acids is 2. The van der Waals surface area contributed by atoms with Crippen molar-refractivity contribution in [2.24, 2.45) is 16.9 Å². The van der Waals surface area contributed by atoms with Gasteiger partial charge in [-0.15, -0.1) is 0 Å². The fraction of sp³-hybridized carbons (Fsp3) is 0.400. The third-order valence-corrected chi connectivity index (χ3v) is 5.65. The van der Waals surface area contributed by atoms with E-state index in [0.717, 1.165) is 11.3 Å². The number of ether oxygens (including phenoxy) is 2. The van der Waals surface area contributed by atoms with E-state index in [9.17, 15) is 14.7 Å². The van der Waals surface area contributed by atoms with Crippen molar-refractivity contribution in [2.75, 3.05) is 18.6 Å². The second-order valence-corrected chi connectivity index (χ2v) is 8.01. The zero-order chi connectivity index (χ0) is 23.1. The van der Waals surface area contributed by atoms with Gasteiger partial charge in [0.1, 0.15) is 5.92 Å². The zero-order valence-electron chi connectivity index (χ0n) is 18.7. The molecule has 1 aliphatic carbocycles. The molecule has 0 saturated heterocycles. The van der Waals surface area contributed by atoms with Gasteiger partial charge in [-0.1, -0.05) is 48.5 Å². The van der Waals surface area contributed by atoms with Crippen LogP contribution >= 0.6 is 0 Å². The second-order valence-electron chi connectivity index (χ2n) is 8.01. The first-order valence-corrected chi connectivity index (χ1v) is 10.9. The molecule has 170 valence electrons. The maximum Gasteiger partial charge on any atom is 0.315 e. The van der Waals surface area contributed by atoms with Crippen molar-refractivity contribution in [3.8, 4) is 0 Å². The normalized spacial score (nSPS) is 26.4. The summed E-state index contributed by atoms with van der Waals surface area (Å²) in [5.74, 6) is -3.55. The molecule has 7 heteroatoms. The molecule has 0 aliphatic heterocycles. The number of carbonyl (C=O) groups is 2. The average Bonchev–Trinajstić information content (AvgIpc) is 2.78. The van der Waals surface area contributed by atoms with E-state index < -0.39 is 35.3 Å². The number of para-hydroxylation sites is 1. The Kier molecular flexibility index (Phi) is 7.64. The summed E-state index contributed by atoms with van der Waals surface area (Å²) in [4.78, 5) is 26.2. The molecule has 2 aromatic carbocycles. The van der Waals surface area contributed by atoms with Crippen molar-refractivity contribution in [2.45, 2.75) is 38.7 Å². The maximum absolute atomic E-state index is 13.2. The minimum Gasteiger partial charge on any atom is -0.466 e. The Balaban J connectivity index is 2.12. The number of esters is 2. The molecule has 0 radical (unpaired) electrons. The summed E-state index contributed by atoms with van der Waals surface area (Å²) in [6.07, 6.45) is 0.0170. The van der Waals surface area contributed by atoms with Crippen LogP contribution in [0.15, 0.2) is 65.8 Å². The summed E-state index contributed by atoms with van der Waals surface area (Å²) in [5, 5.41) is 15.9. The van der Waals surface area contributed by atoms with Gasteiger partial charge in [0.05, 0.1) is 36.1 Å². The van der Waals surface area contributed by atoms with E-state index in [1.807, 2.05) is 60.7 Å². The topological polar surface area (TPSA) is 97.2 Å². The van der Waals surface area contributed by atoms with Gasteiger partial charge in [-0.3, -0.25) is 15.0 Å². The quantitative estimate of drug-likeness (QED) is 0.505. The number of aliphatic hydroxyl groups is 1. The third-order valence-electron chi connectivity index (χ3n) is 5.65. The van der Waals surface area contributed by atoms with Crippen molar-refractivity contribution in [3.05, 3.63) is 66.2 Å². The number of benzene rings is 2. The molecule has 4 atom stereocenters. The standard InChI is InChI=1S/C25H30N2O5/c1-4-31-23(28)21-19(27-26-18-14-10-7-11-15-18)16-25(3,30)22(24(29)32-5-2)20(21)17-12-8-6-9-13-17/h6-15,20-22,26,30H,4-5,16H2,1-3H3/b27-19-/t20-,21+,22+,25-/m0/s1. The first-order chi connectivity index (χ1) is 15.4. The average molecular weight is 439 g/mol. The molecule has 0 aromatic heterocycles. The van der Waals surface area contributed by atoms with Gasteiger partial charge in [-0.2, -0.15) is 5.10 Å². The lowest BCUT2D eigenvalue weighted by Crippen LogP contribution is -2.55. The van der Waals surface area contributed by atoms with E-state index in [0.29, 0.717) is 5.71 Å². The van der Waals surface area contributed by atoms with Crippen LogP contribution in [0.25, 0.3) is 0 Å². The first kappa shape index (κ1) is 23.5. The van der Waals surface area contributed by atoms with Gasteiger partial charge in [0.25, 0.3) is 0 Å². The van der Waals surface area contributed by atoms with Crippen molar-refractivity contribution in [3.63, 3.8) is 0 Å². The van der Waals surface area contributed by atoms with Gasteiger partial charge in [0.2, 0.25) is 0 Å². The predicted molar refractivity (Wildman–Crippen MR) is 122 cm³/mol. The van der Waals surface area contributed by atoms with Crippen LogP contribution in [0.2, 0.25) is 0 Å². The highest BCUT2D eigenvalue weighted by Crippen LogP contribution is 2.47. The van der Waals surface area contributed by atoms with Gasteiger partial charge >= 0.3 is 11.9 Å². The van der Waals surface area contributed by atoms with Crippen molar-refractivity contribution in [1.29, 1.82) is 0 Å². The summed E-state index contributed by atoms with van der Waals surface area (Å²) in [5.41, 5.74) is 3.39. The summed E-state index contributed by atoms with van der Waals surface area (Å²) in [7, 11) is 0. The molecular weight excluding hydrogens is 408 g/mol. The molecule has 32 heavy (non-hydrogen) atoms. The predicted octanol–water partition coefficient (Wildman–Crippen LogP) is 3.75. The van der Waals surface area contributed by atoms with Crippen LogP contribution in [0.3, 0.4) is 0 Å². The van der Waals surface area contributed by atoms with E-state index in [1.165, 1.54) is 0 Å². The highest BCUT2D eigenvalue weighted by atomic mass is 16.5. The van der Waals surface area contributed by atoms with E-state index in [-0.39, 0.29) is 19.6 Å². The molecule has 0 bridgehead atoms. The number of hydrazone groups is 1. The van der Waals surface area contributed by atoms with Crippen LogP contribution in [-0.4, -0.2) is 41.6 Å². The molecule has 1 saturated carbocycles. The lowest BCUT2D eigenvalue weighted by Gasteiger charge is -2.45. The molecule has 0 unspecified atom stereocenters. The minimum absolute atomic E-state index is 0.0170. The lowest BCUT2D eigenvalue weighted by molar-refractivity contribution is -0.163. The highest BCUT2D eigenvalue weighted by molar-refractivity contribution is 6.06. The molecule has 0 spiro atoms. The number of anilines is 1. The summed E-state index contributed by atoms with van der Waals surface area (Å²) < 4.78 is 10.7. The number of nitrogens with zero attached hydrogens (tertiary/aromatic N) is 1. The Bertz CT molecular complexity index is 943. The minimum atomic E-state index is -1.48. The SMILES string of the molecule is CCOC(=O)[C@@H]1/C(=N\Nc2ccccc2)C[C@](C)(O)[C@@H](C(=O)OCC)[C@H]1c1ccccc1. The molecule has 2 N–H and O–H groups in total. The molecule has 1 fully saturated rings. The fourth-order valence-corrected chi connectivity index (χ4v) is 4.34.